The van der Waals surface area contributed by atoms with Crippen LogP contribution in [0, 0.1) is 11.8 Å². The molecule has 3 aromatic carbocycles. The quantitative estimate of drug-likeness (QED) is 0.457. The van der Waals surface area contributed by atoms with Crippen LogP contribution in [0.15, 0.2) is 83.9 Å². The van der Waals surface area contributed by atoms with Crippen molar-refractivity contribution in [3.8, 4) is 11.8 Å². The van der Waals surface area contributed by atoms with Crippen molar-refractivity contribution in [3.63, 3.8) is 0 Å². The van der Waals surface area contributed by atoms with Crippen molar-refractivity contribution in [3.05, 3.63) is 101 Å². The number of carbonyl (C=O) groups is 2. The molecule has 36 heavy (non-hydrogen) atoms. The van der Waals surface area contributed by atoms with Crippen molar-refractivity contribution < 1.29 is 19.4 Å². The highest BCUT2D eigenvalue weighted by atomic mass is 16.5. The highest BCUT2D eigenvalue weighted by Gasteiger charge is 2.39. The second-order valence-electron chi connectivity index (χ2n) is 9.58. The molecule has 1 heterocycles. The Labute approximate surface area is 211 Å². The predicted octanol–water partition coefficient (Wildman–Crippen LogP) is 5.72. The van der Waals surface area contributed by atoms with Crippen LogP contribution in [-0.4, -0.2) is 22.9 Å². The maximum absolute atomic E-state index is 12.5. The third-order valence-electron chi connectivity index (χ3n) is 6.29. The van der Waals surface area contributed by atoms with Gasteiger partial charge >= 0.3 is 12.1 Å². The lowest BCUT2D eigenvalue weighted by Crippen LogP contribution is -2.49. The number of rotatable bonds is 5. The van der Waals surface area contributed by atoms with Gasteiger partial charge in [0, 0.05) is 12.0 Å². The third kappa shape index (κ3) is 5.47. The molecule has 0 aromatic heterocycles. The lowest BCUT2D eigenvalue weighted by Gasteiger charge is -2.33. The van der Waals surface area contributed by atoms with Gasteiger partial charge in [-0.1, -0.05) is 80.4 Å². The summed E-state index contributed by atoms with van der Waals surface area (Å²) in [4.78, 5) is 29.6. The minimum Gasteiger partial charge on any atom is -0.479 e. The van der Waals surface area contributed by atoms with Gasteiger partial charge in [-0.05, 0) is 53.1 Å². The molecule has 3 aromatic rings. The summed E-state index contributed by atoms with van der Waals surface area (Å²) < 4.78 is 5.28. The van der Waals surface area contributed by atoms with E-state index in [9.17, 15) is 14.7 Å². The molecule has 4 rings (SSSR count). The predicted molar refractivity (Wildman–Crippen MR) is 139 cm³/mol. The zero-order chi connectivity index (χ0) is 25.8. The first-order valence-corrected chi connectivity index (χ1v) is 11.7. The van der Waals surface area contributed by atoms with Crippen molar-refractivity contribution in [1.82, 2.24) is 5.32 Å². The molecule has 0 aliphatic carbocycles. The van der Waals surface area contributed by atoms with Gasteiger partial charge in [-0.3, -0.25) is 0 Å². The van der Waals surface area contributed by atoms with Gasteiger partial charge in [0.05, 0.1) is 11.4 Å². The average Bonchev–Trinajstić information content (AvgIpc) is 2.87. The van der Waals surface area contributed by atoms with Crippen LogP contribution in [0.4, 0.5) is 10.5 Å². The monoisotopic (exact) mass is 480 g/mol. The third-order valence-corrected chi connectivity index (χ3v) is 6.29. The van der Waals surface area contributed by atoms with Gasteiger partial charge < -0.3 is 15.2 Å². The zero-order valence-corrected chi connectivity index (χ0v) is 20.5. The first-order chi connectivity index (χ1) is 17.2. The first-order valence-electron chi connectivity index (χ1n) is 11.7. The van der Waals surface area contributed by atoms with E-state index in [1.807, 2.05) is 66.7 Å². The van der Waals surface area contributed by atoms with E-state index < -0.39 is 17.6 Å². The number of amides is 1. The molecule has 1 unspecified atom stereocenters. The van der Waals surface area contributed by atoms with Crippen LogP contribution in [0.1, 0.15) is 49.4 Å². The number of hydrogen-bond acceptors (Lipinski definition) is 4. The van der Waals surface area contributed by atoms with Crippen molar-refractivity contribution >= 4 is 23.5 Å². The first kappa shape index (κ1) is 24.7. The minimum absolute atomic E-state index is 0.0428. The number of carbonyl (C=O) groups excluding carboxylic acids is 1. The van der Waals surface area contributed by atoms with Gasteiger partial charge in [-0.25, -0.2) is 14.6 Å². The Kier molecular flexibility index (Phi) is 6.93. The molecule has 0 radical (unpaired) electrons. The molecule has 1 aliphatic rings. The lowest BCUT2D eigenvalue weighted by atomic mass is 9.75. The number of carboxylic acid groups (broad SMARTS) is 1. The maximum atomic E-state index is 12.5. The average molecular weight is 481 g/mol. The molecule has 0 saturated heterocycles. The van der Waals surface area contributed by atoms with E-state index in [2.05, 4.69) is 31.0 Å². The SMILES string of the molecule is CC1(C)CC(C#Cc2ccccc2)=Nc2ccc(C(C)(NC(=O)OCc3ccccc3)C(=O)O)cc21. The Morgan fingerprint density at radius 2 is 1.69 bits per heavy atom. The highest BCUT2D eigenvalue weighted by Crippen LogP contribution is 2.41. The highest BCUT2D eigenvalue weighted by molar-refractivity contribution is 6.04. The number of nitrogens with one attached hydrogen (secondary N) is 1. The molecular formula is C30H28N2O4. The van der Waals surface area contributed by atoms with Crippen LogP contribution in [0.2, 0.25) is 0 Å². The maximum Gasteiger partial charge on any atom is 0.408 e. The zero-order valence-electron chi connectivity index (χ0n) is 20.5. The lowest BCUT2D eigenvalue weighted by molar-refractivity contribution is -0.144. The minimum atomic E-state index is -1.68. The Hall–Kier alpha value is -4.37. The fourth-order valence-electron chi connectivity index (χ4n) is 4.14. The molecule has 1 amide bonds. The van der Waals surface area contributed by atoms with Crippen LogP contribution in [0.25, 0.3) is 0 Å². The van der Waals surface area contributed by atoms with Crippen LogP contribution in [-0.2, 0) is 27.1 Å². The van der Waals surface area contributed by atoms with Gasteiger partial charge in [0.1, 0.15) is 6.61 Å². The van der Waals surface area contributed by atoms with Gasteiger partial charge in [-0.15, -0.1) is 0 Å². The Morgan fingerprint density at radius 3 is 2.36 bits per heavy atom. The number of benzene rings is 3. The summed E-state index contributed by atoms with van der Waals surface area (Å²) >= 11 is 0. The summed E-state index contributed by atoms with van der Waals surface area (Å²) in [7, 11) is 0. The molecular weight excluding hydrogens is 452 g/mol. The fourth-order valence-corrected chi connectivity index (χ4v) is 4.14. The van der Waals surface area contributed by atoms with Gasteiger partial charge in [0.15, 0.2) is 5.54 Å². The summed E-state index contributed by atoms with van der Waals surface area (Å²) in [6.07, 6.45) is -0.197. The molecule has 0 saturated carbocycles. The van der Waals surface area contributed by atoms with Crippen LogP contribution in [0.5, 0.6) is 0 Å². The molecule has 1 aliphatic heterocycles. The summed E-state index contributed by atoms with van der Waals surface area (Å²) in [5.41, 5.74) is 2.56. The number of aliphatic imine (C=N–C) groups is 1. The second kappa shape index (κ2) is 10.1. The van der Waals surface area contributed by atoms with E-state index in [0.29, 0.717) is 12.0 Å². The molecule has 6 heteroatoms. The van der Waals surface area contributed by atoms with Gasteiger partial charge in [0.25, 0.3) is 0 Å². The number of hydrogen-bond donors (Lipinski definition) is 2. The van der Waals surface area contributed by atoms with E-state index in [1.54, 1.807) is 12.1 Å². The van der Waals surface area contributed by atoms with Crippen molar-refractivity contribution in [2.75, 3.05) is 0 Å². The van der Waals surface area contributed by atoms with Crippen molar-refractivity contribution in [1.29, 1.82) is 0 Å². The molecule has 1 atom stereocenters. The van der Waals surface area contributed by atoms with Gasteiger partial charge in [0.2, 0.25) is 0 Å². The van der Waals surface area contributed by atoms with Crippen molar-refractivity contribution in [2.45, 2.75) is 44.8 Å². The summed E-state index contributed by atoms with van der Waals surface area (Å²) in [6.45, 7) is 5.65. The fraction of sp³-hybridized carbons (Fsp3) is 0.233. The van der Waals surface area contributed by atoms with Crippen LogP contribution < -0.4 is 5.32 Å². The Morgan fingerprint density at radius 1 is 1.03 bits per heavy atom. The van der Waals surface area contributed by atoms with Crippen LogP contribution in [0.3, 0.4) is 0 Å². The largest absolute Gasteiger partial charge is 0.479 e. The van der Waals surface area contributed by atoms with E-state index in [1.165, 1.54) is 6.92 Å². The number of nitrogens with zero attached hydrogens (tertiary/aromatic N) is 1. The Balaban J connectivity index is 1.59. The van der Waals surface area contributed by atoms with Crippen LogP contribution >= 0.6 is 0 Å². The number of carboxylic acids is 1. The molecule has 2 N–H and O–H groups in total. The smallest absolute Gasteiger partial charge is 0.408 e. The van der Waals surface area contributed by atoms with E-state index in [4.69, 9.17) is 9.73 Å². The molecule has 0 spiro atoms. The Bertz CT molecular complexity index is 1370. The van der Waals surface area contributed by atoms with Gasteiger partial charge in [-0.2, -0.15) is 0 Å². The van der Waals surface area contributed by atoms with E-state index in [0.717, 1.165) is 28.1 Å². The molecule has 0 bridgehead atoms. The second-order valence-corrected chi connectivity index (χ2v) is 9.58. The number of aliphatic carboxylic acids is 1. The number of fused-ring (bicyclic) bond motifs is 1. The molecule has 182 valence electrons. The number of alkyl carbamates (subject to hydrolysis) is 1. The summed E-state index contributed by atoms with van der Waals surface area (Å²) in [6, 6.07) is 24.2. The molecule has 0 fully saturated rings. The standard InChI is InChI=1S/C30H28N2O4/c1-29(2)19-24(16-14-21-10-6-4-7-11-21)31-26-17-15-23(18-25(26)29)30(3,27(33)34)32-28(35)36-20-22-12-8-5-9-13-22/h4-13,15,17-18H,19-20H2,1-3H3,(H,32,35)(H,33,34). The topological polar surface area (TPSA) is 88.0 Å². The normalized spacial score (nSPS) is 15.2. The van der Waals surface area contributed by atoms with Crippen molar-refractivity contribution in [2.24, 2.45) is 4.99 Å². The summed E-state index contributed by atoms with van der Waals surface area (Å²) in [5, 5.41) is 12.6. The molecule has 6 nitrogen and oxygen atoms in total. The number of ether oxygens (including phenoxy) is 1. The van der Waals surface area contributed by atoms with E-state index >= 15 is 0 Å². The summed E-state index contributed by atoms with van der Waals surface area (Å²) in [5.74, 6) is 5.15. The van der Waals surface area contributed by atoms with E-state index in [-0.39, 0.29) is 12.0 Å².